The van der Waals surface area contributed by atoms with E-state index in [9.17, 15) is 0 Å². The topological polar surface area (TPSA) is 50.7 Å². The van der Waals surface area contributed by atoms with Gasteiger partial charge in [0.25, 0.3) is 0 Å². The first kappa shape index (κ1) is 11.7. The van der Waals surface area contributed by atoms with Crippen molar-refractivity contribution in [2.75, 3.05) is 7.05 Å². The Morgan fingerprint density at radius 2 is 1.79 bits per heavy atom. The van der Waals surface area contributed by atoms with E-state index in [0.717, 1.165) is 22.0 Å². The van der Waals surface area contributed by atoms with E-state index < -0.39 is 0 Å². The number of nitrogens with one attached hydrogen (secondary N) is 1. The molecule has 0 saturated heterocycles. The van der Waals surface area contributed by atoms with Gasteiger partial charge in [0.1, 0.15) is 6.33 Å². The lowest BCUT2D eigenvalue weighted by molar-refractivity contribution is 0.683. The second-order valence-corrected chi connectivity index (χ2v) is 4.35. The average molecular weight is 250 g/mol. The molecule has 2 aromatic heterocycles. The van der Waals surface area contributed by atoms with Gasteiger partial charge in [0, 0.05) is 29.5 Å². The van der Waals surface area contributed by atoms with Gasteiger partial charge < -0.3 is 5.32 Å². The van der Waals surface area contributed by atoms with Crippen LogP contribution in [0.1, 0.15) is 17.2 Å². The van der Waals surface area contributed by atoms with Crippen LogP contribution in [0.25, 0.3) is 10.9 Å². The van der Waals surface area contributed by atoms with Gasteiger partial charge in [0.15, 0.2) is 0 Å². The van der Waals surface area contributed by atoms with Crippen molar-refractivity contribution in [2.24, 2.45) is 0 Å². The number of hydrogen-bond acceptors (Lipinski definition) is 4. The third-order valence-corrected chi connectivity index (χ3v) is 3.15. The highest BCUT2D eigenvalue weighted by molar-refractivity contribution is 5.78. The number of fused-ring (bicyclic) bond motifs is 1. The van der Waals surface area contributed by atoms with Crippen LogP contribution in [-0.2, 0) is 0 Å². The van der Waals surface area contributed by atoms with Crippen molar-refractivity contribution in [2.45, 2.75) is 6.04 Å². The molecule has 1 N–H and O–H groups in total. The van der Waals surface area contributed by atoms with Gasteiger partial charge in [0.05, 0.1) is 11.6 Å². The molecule has 94 valence electrons. The van der Waals surface area contributed by atoms with E-state index in [4.69, 9.17) is 0 Å². The van der Waals surface area contributed by atoms with Crippen LogP contribution in [0.5, 0.6) is 0 Å². The zero-order chi connectivity index (χ0) is 13.1. The fraction of sp³-hybridized carbons (Fsp3) is 0.133. The predicted octanol–water partition coefficient (Wildman–Crippen LogP) is 2.33. The molecule has 1 atom stereocenters. The molecule has 4 heteroatoms. The summed E-state index contributed by atoms with van der Waals surface area (Å²) in [6.45, 7) is 0. The van der Waals surface area contributed by atoms with Crippen molar-refractivity contribution in [1.82, 2.24) is 20.3 Å². The fourth-order valence-corrected chi connectivity index (χ4v) is 2.23. The Bertz CT molecular complexity index is 682. The van der Waals surface area contributed by atoms with Gasteiger partial charge in [-0.2, -0.15) is 0 Å². The maximum absolute atomic E-state index is 4.49. The lowest BCUT2D eigenvalue weighted by Gasteiger charge is -2.16. The van der Waals surface area contributed by atoms with Crippen LogP contribution in [0.3, 0.4) is 0 Å². The Morgan fingerprint density at radius 1 is 1.00 bits per heavy atom. The standard InChI is InChI=1S/C15H14N4/c1-16-15(13-7-17-10-18-8-13)12-6-11-4-2-3-5-14(11)19-9-12/h2-10,15-16H,1H3. The summed E-state index contributed by atoms with van der Waals surface area (Å²) in [6, 6.07) is 10.3. The minimum absolute atomic E-state index is 0.0540. The van der Waals surface area contributed by atoms with E-state index in [1.165, 1.54) is 6.33 Å². The Hall–Kier alpha value is -2.33. The largest absolute Gasteiger partial charge is 0.309 e. The monoisotopic (exact) mass is 250 g/mol. The molecule has 19 heavy (non-hydrogen) atoms. The summed E-state index contributed by atoms with van der Waals surface area (Å²) < 4.78 is 0. The minimum atomic E-state index is 0.0540. The zero-order valence-corrected chi connectivity index (χ0v) is 10.6. The van der Waals surface area contributed by atoms with E-state index >= 15 is 0 Å². The molecule has 0 radical (unpaired) electrons. The maximum atomic E-state index is 4.49. The SMILES string of the molecule is CNC(c1cncnc1)c1cnc2ccccc2c1. The lowest BCUT2D eigenvalue weighted by Crippen LogP contribution is -2.18. The molecular formula is C15H14N4. The van der Waals surface area contributed by atoms with E-state index in [-0.39, 0.29) is 6.04 Å². The number of para-hydroxylation sites is 1. The number of rotatable bonds is 3. The Morgan fingerprint density at radius 3 is 2.58 bits per heavy atom. The molecule has 1 unspecified atom stereocenters. The van der Waals surface area contributed by atoms with Crippen molar-refractivity contribution in [3.63, 3.8) is 0 Å². The van der Waals surface area contributed by atoms with Crippen LogP contribution in [0.4, 0.5) is 0 Å². The molecule has 0 aliphatic carbocycles. The van der Waals surface area contributed by atoms with Crippen molar-refractivity contribution in [3.8, 4) is 0 Å². The van der Waals surface area contributed by atoms with Gasteiger partial charge in [-0.25, -0.2) is 9.97 Å². The van der Waals surface area contributed by atoms with Crippen molar-refractivity contribution in [1.29, 1.82) is 0 Å². The Balaban J connectivity index is 2.06. The van der Waals surface area contributed by atoms with E-state index in [1.54, 1.807) is 0 Å². The number of hydrogen-bond donors (Lipinski definition) is 1. The molecule has 0 aliphatic rings. The highest BCUT2D eigenvalue weighted by Gasteiger charge is 2.13. The summed E-state index contributed by atoms with van der Waals surface area (Å²) in [4.78, 5) is 12.6. The summed E-state index contributed by atoms with van der Waals surface area (Å²) in [5.41, 5.74) is 3.14. The van der Waals surface area contributed by atoms with E-state index in [1.807, 2.05) is 43.8 Å². The van der Waals surface area contributed by atoms with Crippen LogP contribution in [0.2, 0.25) is 0 Å². The molecule has 3 aromatic rings. The highest BCUT2D eigenvalue weighted by atomic mass is 14.9. The van der Waals surface area contributed by atoms with Crippen LogP contribution in [-0.4, -0.2) is 22.0 Å². The quantitative estimate of drug-likeness (QED) is 0.775. The smallest absolute Gasteiger partial charge is 0.115 e. The first-order valence-corrected chi connectivity index (χ1v) is 6.15. The average Bonchev–Trinajstić information content (AvgIpc) is 2.49. The van der Waals surface area contributed by atoms with Crippen LogP contribution in [0, 0.1) is 0 Å². The van der Waals surface area contributed by atoms with Crippen molar-refractivity contribution >= 4 is 10.9 Å². The second kappa shape index (κ2) is 5.12. The molecule has 0 spiro atoms. The Labute approximate surface area is 111 Å². The van der Waals surface area contributed by atoms with Gasteiger partial charge in [-0.3, -0.25) is 4.98 Å². The summed E-state index contributed by atoms with van der Waals surface area (Å²) in [6.07, 6.45) is 7.08. The highest BCUT2D eigenvalue weighted by Crippen LogP contribution is 2.22. The van der Waals surface area contributed by atoms with Crippen LogP contribution >= 0.6 is 0 Å². The molecule has 0 aliphatic heterocycles. The van der Waals surface area contributed by atoms with Crippen molar-refractivity contribution < 1.29 is 0 Å². The number of pyridine rings is 1. The van der Waals surface area contributed by atoms with E-state index in [0.29, 0.717) is 0 Å². The molecule has 4 nitrogen and oxygen atoms in total. The van der Waals surface area contributed by atoms with Crippen LogP contribution < -0.4 is 5.32 Å². The third-order valence-electron chi connectivity index (χ3n) is 3.15. The summed E-state index contributed by atoms with van der Waals surface area (Å²) in [5.74, 6) is 0. The molecule has 0 fully saturated rings. The molecule has 0 amide bonds. The van der Waals surface area contributed by atoms with Crippen LogP contribution in [0.15, 0.2) is 55.2 Å². The first-order valence-electron chi connectivity index (χ1n) is 6.15. The summed E-state index contributed by atoms with van der Waals surface area (Å²) in [7, 11) is 1.92. The molecule has 3 rings (SSSR count). The molecule has 2 heterocycles. The number of nitrogens with zero attached hydrogens (tertiary/aromatic N) is 3. The van der Waals surface area contributed by atoms with Gasteiger partial charge in [0.2, 0.25) is 0 Å². The van der Waals surface area contributed by atoms with E-state index in [2.05, 4.69) is 32.4 Å². The van der Waals surface area contributed by atoms with Gasteiger partial charge in [-0.05, 0) is 24.7 Å². The van der Waals surface area contributed by atoms with Gasteiger partial charge >= 0.3 is 0 Å². The zero-order valence-electron chi connectivity index (χ0n) is 10.6. The summed E-state index contributed by atoms with van der Waals surface area (Å²) in [5, 5.41) is 4.42. The minimum Gasteiger partial charge on any atom is -0.309 e. The summed E-state index contributed by atoms with van der Waals surface area (Å²) >= 11 is 0. The molecule has 0 saturated carbocycles. The molecule has 0 bridgehead atoms. The lowest BCUT2D eigenvalue weighted by atomic mass is 10.0. The third kappa shape index (κ3) is 2.30. The molecular weight excluding hydrogens is 236 g/mol. The van der Waals surface area contributed by atoms with Gasteiger partial charge in [-0.15, -0.1) is 0 Å². The number of aromatic nitrogens is 3. The molecule has 1 aromatic carbocycles. The first-order chi connectivity index (χ1) is 9.38. The second-order valence-electron chi connectivity index (χ2n) is 4.35. The van der Waals surface area contributed by atoms with Crippen molar-refractivity contribution in [3.05, 3.63) is 66.4 Å². The maximum Gasteiger partial charge on any atom is 0.115 e. The number of benzene rings is 1. The van der Waals surface area contributed by atoms with Gasteiger partial charge in [-0.1, -0.05) is 18.2 Å². The Kier molecular flexibility index (Phi) is 3.16. The predicted molar refractivity (Wildman–Crippen MR) is 74.7 cm³/mol. The fourth-order valence-electron chi connectivity index (χ4n) is 2.23. The normalized spacial score (nSPS) is 12.5.